The molecule has 76 valence electrons. The van der Waals surface area contributed by atoms with Crippen molar-refractivity contribution in [1.82, 2.24) is 10.6 Å². The minimum atomic E-state index is -0.00403. The van der Waals surface area contributed by atoms with Gasteiger partial charge in [-0.05, 0) is 32.6 Å². The fraction of sp³-hybridized carbons (Fsp3) is 0.900. The van der Waals surface area contributed by atoms with E-state index in [0.717, 1.165) is 32.2 Å². The first-order valence-electron chi connectivity index (χ1n) is 5.22. The van der Waals surface area contributed by atoms with Gasteiger partial charge in [-0.25, -0.2) is 4.79 Å². The number of amides is 2. The molecule has 0 aromatic heterocycles. The van der Waals surface area contributed by atoms with E-state index in [-0.39, 0.29) is 11.6 Å². The number of unbranched alkanes of at least 4 members (excludes halogenated alkanes) is 1. The van der Waals surface area contributed by atoms with Gasteiger partial charge in [-0.15, -0.1) is 0 Å². The Balaban J connectivity index is 2.10. The van der Waals surface area contributed by atoms with Gasteiger partial charge >= 0.3 is 6.03 Å². The van der Waals surface area contributed by atoms with Crippen LogP contribution in [-0.4, -0.2) is 18.1 Å². The van der Waals surface area contributed by atoms with Crippen molar-refractivity contribution in [2.45, 2.75) is 51.5 Å². The van der Waals surface area contributed by atoms with Crippen LogP contribution in [0.2, 0.25) is 0 Å². The maximum absolute atomic E-state index is 11.3. The molecular weight excluding hydrogens is 164 g/mol. The third-order valence-corrected chi connectivity index (χ3v) is 2.69. The molecule has 1 aliphatic carbocycles. The number of urea groups is 1. The number of carbonyl (C=O) groups excluding carboxylic acids is 1. The summed E-state index contributed by atoms with van der Waals surface area (Å²) in [7, 11) is 0. The molecule has 2 amide bonds. The van der Waals surface area contributed by atoms with Crippen LogP contribution in [-0.2, 0) is 0 Å². The van der Waals surface area contributed by atoms with Crippen molar-refractivity contribution in [3.63, 3.8) is 0 Å². The third-order valence-electron chi connectivity index (χ3n) is 2.69. The van der Waals surface area contributed by atoms with Gasteiger partial charge in [0, 0.05) is 12.1 Å². The molecule has 0 spiro atoms. The van der Waals surface area contributed by atoms with E-state index in [2.05, 4.69) is 24.5 Å². The highest BCUT2D eigenvalue weighted by Crippen LogP contribution is 2.30. The molecule has 0 saturated heterocycles. The van der Waals surface area contributed by atoms with Gasteiger partial charge in [-0.2, -0.15) is 0 Å². The van der Waals surface area contributed by atoms with Crippen LogP contribution in [0.5, 0.6) is 0 Å². The van der Waals surface area contributed by atoms with Gasteiger partial charge in [-0.1, -0.05) is 13.3 Å². The highest BCUT2D eigenvalue weighted by Gasteiger charge is 2.32. The number of carbonyl (C=O) groups is 1. The smallest absolute Gasteiger partial charge is 0.315 e. The molecule has 13 heavy (non-hydrogen) atoms. The average molecular weight is 184 g/mol. The van der Waals surface area contributed by atoms with Crippen LogP contribution in [0.15, 0.2) is 0 Å². The standard InChI is InChI=1S/C10H20N2O/c1-3-4-8-11-9(13)12-10(2)6-5-7-10/h3-8H2,1-2H3,(H2,11,12,13). The zero-order chi connectivity index (χ0) is 9.73. The van der Waals surface area contributed by atoms with Crippen molar-refractivity contribution in [2.24, 2.45) is 0 Å². The van der Waals surface area contributed by atoms with Crippen molar-refractivity contribution in [3.05, 3.63) is 0 Å². The molecule has 2 N–H and O–H groups in total. The molecule has 1 aliphatic rings. The van der Waals surface area contributed by atoms with Crippen molar-refractivity contribution in [1.29, 1.82) is 0 Å². The van der Waals surface area contributed by atoms with E-state index in [0.29, 0.717) is 0 Å². The molecule has 0 aromatic carbocycles. The van der Waals surface area contributed by atoms with E-state index in [4.69, 9.17) is 0 Å². The molecule has 0 bridgehead atoms. The number of hydrogen-bond acceptors (Lipinski definition) is 1. The molecule has 0 radical (unpaired) electrons. The van der Waals surface area contributed by atoms with Crippen molar-refractivity contribution >= 4 is 6.03 Å². The first-order chi connectivity index (χ1) is 6.16. The van der Waals surface area contributed by atoms with Gasteiger partial charge in [-0.3, -0.25) is 0 Å². The quantitative estimate of drug-likeness (QED) is 0.645. The number of rotatable bonds is 4. The Morgan fingerprint density at radius 1 is 1.46 bits per heavy atom. The summed E-state index contributed by atoms with van der Waals surface area (Å²) >= 11 is 0. The van der Waals surface area contributed by atoms with Gasteiger partial charge in [0.25, 0.3) is 0 Å². The summed E-state index contributed by atoms with van der Waals surface area (Å²) < 4.78 is 0. The lowest BCUT2D eigenvalue weighted by Crippen LogP contribution is -2.54. The van der Waals surface area contributed by atoms with E-state index in [1.165, 1.54) is 6.42 Å². The molecule has 0 aliphatic heterocycles. The van der Waals surface area contributed by atoms with E-state index < -0.39 is 0 Å². The van der Waals surface area contributed by atoms with E-state index in [9.17, 15) is 4.79 Å². The Hall–Kier alpha value is -0.730. The average Bonchev–Trinajstić information content (AvgIpc) is 2.02. The Morgan fingerprint density at radius 3 is 2.62 bits per heavy atom. The largest absolute Gasteiger partial charge is 0.338 e. The predicted octanol–water partition coefficient (Wildman–Crippen LogP) is 2.03. The molecule has 1 fully saturated rings. The molecule has 3 heteroatoms. The van der Waals surface area contributed by atoms with Crippen LogP contribution in [0, 0.1) is 0 Å². The Bertz CT molecular complexity index is 176. The van der Waals surface area contributed by atoms with Gasteiger partial charge in [0.15, 0.2) is 0 Å². The normalized spacial score (nSPS) is 18.9. The summed E-state index contributed by atoms with van der Waals surface area (Å²) in [5, 5.41) is 5.86. The fourth-order valence-corrected chi connectivity index (χ4v) is 1.53. The molecule has 3 nitrogen and oxygen atoms in total. The maximum atomic E-state index is 11.3. The maximum Gasteiger partial charge on any atom is 0.315 e. The first-order valence-corrected chi connectivity index (χ1v) is 5.22. The topological polar surface area (TPSA) is 41.1 Å². The number of nitrogens with one attached hydrogen (secondary N) is 2. The highest BCUT2D eigenvalue weighted by molar-refractivity contribution is 5.74. The van der Waals surface area contributed by atoms with Crippen LogP contribution in [0.25, 0.3) is 0 Å². The van der Waals surface area contributed by atoms with Crippen LogP contribution in [0.4, 0.5) is 4.79 Å². The molecular formula is C10H20N2O. The SMILES string of the molecule is CCCCNC(=O)NC1(C)CCC1. The molecule has 1 saturated carbocycles. The lowest BCUT2D eigenvalue weighted by molar-refractivity contribution is 0.191. The third kappa shape index (κ3) is 3.25. The number of hydrogen-bond donors (Lipinski definition) is 2. The van der Waals surface area contributed by atoms with Gasteiger partial charge in [0.05, 0.1) is 0 Å². The Kier molecular flexibility index (Phi) is 3.58. The molecule has 1 rings (SSSR count). The summed E-state index contributed by atoms with van der Waals surface area (Å²) in [6, 6.07) is -0.00403. The van der Waals surface area contributed by atoms with Crippen molar-refractivity contribution in [3.8, 4) is 0 Å². The zero-order valence-electron chi connectivity index (χ0n) is 8.65. The summed E-state index contributed by atoms with van der Waals surface area (Å²) in [6.07, 6.45) is 5.66. The van der Waals surface area contributed by atoms with Crippen LogP contribution in [0.3, 0.4) is 0 Å². The van der Waals surface area contributed by atoms with Gasteiger partial charge in [0.2, 0.25) is 0 Å². The van der Waals surface area contributed by atoms with E-state index >= 15 is 0 Å². The fourth-order valence-electron chi connectivity index (χ4n) is 1.53. The molecule has 0 aromatic rings. The minimum Gasteiger partial charge on any atom is -0.338 e. The van der Waals surface area contributed by atoms with Crippen LogP contribution < -0.4 is 10.6 Å². The molecule has 0 unspecified atom stereocenters. The summed E-state index contributed by atoms with van der Waals surface area (Å²) in [4.78, 5) is 11.3. The second-order valence-electron chi connectivity index (χ2n) is 4.15. The lowest BCUT2D eigenvalue weighted by Gasteiger charge is -2.39. The Morgan fingerprint density at radius 2 is 2.15 bits per heavy atom. The predicted molar refractivity (Wildman–Crippen MR) is 53.7 cm³/mol. The summed E-state index contributed by atoms with van der Waals surface area (Å²) in [5.74, 6) is 0. The van der Waals surface area contributed by atoms with Gasteiger partial charge in [0.1, 0.15) is 0 Å². The van der Waals surface area contributed by atoms with E-state index in [1.54, 1.807) is 0 Å². The Labute approximate surface area is 80.3 Å². The van der Waals surface area contributed by atoms with Crippen molar-refractivity contribution < 1.29 is 4.79 Å². The second kappa shape index (κ2) is 4.49. The first kappa shape index (κ1) is 10.4. The van der Waals surface area contributed by atoms with Crippen molar-refractivity contribution in [2.75, 3.05) is 6.54 Å². The highest BCUT2D eigenvalue weighted by atomic mass is 16.2. The second-order valence-corrected chi connectivity index (χ2v) is 4.15. The lowest BCUT2D eigenvalue weighted by atomic mass is 9.79. The summed E-state index contributed by atoms with van der Waals surface area (Å²) in [5.41, 5.74) is 0.0797. The van der Waals surface area contributed by atoms with Crippen LogP contribution in [0.1, 0.15) is 46.0 Å². The zero-order valence-corrected chi connectivity index (χ0v) is 8.65. The van der Waals surface area contributed by atoms with Gasteiger partial charge < -0.3 is 10.6 Å². The van der Waals surface area contributed by atoms with Crippen LogP contribution >= 0.6 is 0 Å². The van der Waals surface area contributed by atoms with E-state index in [1.807, 2.05) is 0 Å². The summed E-state index contributed by atoms with van der Waals surface area (Å²) in [6.45, 7) is 5.02. The molecule has 0 heterocycles. The molecule has 0 atom stereocenters. The minimum absolute atomic E-state index is 0.00403. The monoisotopic (exact) mass is 184 g/mol.